The molecule has 0 saturated heterocycles. The van der Waals surface area contributed by atoms with Crippen LogP contribution in [0.5, 0.6) is 0 Å². The fourth-order valence-electron chi connectivity index (χ4n) is 2.70. The lowest BCUT2D eigenvalue weighted by atomic mass is 9.96. The number of carbonyl (C=O) groups excluding carboxylic acids is 2. The van der Waals surface area contributed by atoms with Gasteiger partial charge in [-0.25, -0.2) is 0 Å². The van der Waals surface area contributed by atoms with E-state index in [9.17, 15) is 14.7 Å². The molecule has 1 heterocycles. The number of aliphatic hydroxyl groups excluding tert-OH is 1. The van der Waals surface area contributed by atoms with Gasteiger partial charge in [0.25, 0.3) is 11.8 Å². The molecule has 7 heteroatoms. The highest BCUT2D eigenvalue weighted by molar-refractivity contribution is 6.42. The summed E-state index contributed by atoms with van der Waals surface area (Å²) >= 11 is 11.9. The van der Waals surface area contributed by atoms with E-state index in [1.165, 1.54) is 9.80 Å². The minimum atomic E-state index is -0.499. The van der Waals surface area contributed by atoms with E-state index in [4.69, 9.17) is 23.2 Å². The molecular weight excluding hydrogens is 363 g/mol. The first-order valence-corrected chi connectivity index (χ1v) is 8.66. The summed E-state index contributed by atoms with van der Waals surface area (Å²) < 4.78 is 0. The SMILES string of the molecule is CN(Cc1ccc(Cl)c(Cl)c1)C(=O)C1=C(O)C(=O)N(CC(C)(C)C)C1. The van der Waals surface area contributed by atoms with Gasteiger partial charge in [0.2, 0.25) is 0 Å². The Bertz CT molecular complexity index is 738. The average molecular weight is 385 g/mol. The van der Waals surface area contributed by atoms with Crippen LogP contribution in [0.1, 0.15) is 26.3 Å². The lowest BCUT2D eigenvalue weighted by molar-refractivity contribution is -0.129. The van der Waals surface area contributed by atoms with Gasteiger partial charge in [-0.2, -0.15) is 0 Å². The number of benzene rings is 1. The molecule has 0 bridgehead atoms. The number of nitrogens with zero attached hydrogens (tertiary/aromatic N) is 2. The third kappa shape index (κ3) is 4.67. The van der Waals surface area contributed by atoms with Crippen molar-refractivity contribution < 1.29 is 14.7 Å². The summed E-state index contributed by atoms with van der Waals surface area (Å²) in [4.78, 5) is 27.8. The summed E-state index contributed by atoms with van der Waals surface area (Å²) in [5, 5.41) is 10.9. The molecule has 0 saturated carbocycles. The molecule has 1 aromatic rings. The molecule has 136 valence electrons. The second kappa shape index (κ2) is 7.26. The molecule has 0 unspecified atom stereocenters. The summed E-state index contributed by atoms with van der Waals surface area (Å²) in [7, 11) is 1.61. The van der Waals surface area contributed by atoms with Gasteiger partial charge >= 0.3 is 0 Å². The van der Waals surface area contributed by atoms with Gasteiger partial charge in [0.15, 0.2) is 5.76 Å². The highest BCUT2D eigenvalue weighted by Gasteiger charge is 2.36. The van der Waals surface area contributed by atoms with Crippen LogP contribution in [0.3, 0.4) is 0 Å². The zero-order valence-electron chi connectivity index (χ0n) is 14.8. The zero-order chi connectivity index (χ0) is 18.9. The minimum absolute atomic E-state index is 0.118. The number of carbonyl (C=O) groups is 2. The fourth-order valence-corrected chi connectivity index (χ4v) is 3.02. The lowest BCUT2D eigenvalue weighted by Crippen LogP contribution is -2.36. The van der Waals surface area contributed by atoms with Crippen LogP contribution in [0.25, 0.3) is 0 Å². The Morgan fingerprint density at radius 1 is 1.28 bits per heavy atom. The summed E-state index contributed by atoms with van der Waals surface area (Å²) in [6.07, 6.45) is 0. The molecule has 2 amide bonds. The van der Waals surface area contributed by atoms with Gasteiger partial charge in [0.05, 0.1) is 22.2 Å². The summed E-state index contributed by atoms with van der Waals surface area (Å²) in [5.74, 6) is -1.34. The smallest absolute Gasteiger partial charge is 0.289 e. The molecule has 25 heavy (non-hydrogen) atoms. The number of halogens is 2. The number of likely N-dealkylation sites (N-methyl/N-ethyl adjacent to an activating group) is 1. The summed E-state index contributed by atoms with van der Waals surface area (Å²) in [6, 6.07) is 5.13. The first-order chi connectivity index (χ1) is 11.5. The molecule has 1 aromatic carbocycles. The number of aliphatic hydroxyl groups is 1. The average Bonchev–Trinajstić information content (AvgIpc) is 2.77. The van der Waals surface area contributed by atoms with E-state index in [0.717, 1.165) is 5.56 Å². The van der Waals surface area contributed by atoms with Crippen LogP contribution in [0.15, 0.2) is 29.5 Å². The normalized spacial score (nSPS) is 15.1. The van der Waals surface area contributed by atoms with Crippen molar-refractivity contribution >= 4 is 35.0 Å². The molecule has 0 fully saturated rings. The first kappa shape index (κ1) is 19.6. The van der Waals surface area contributed by atoms with Crippen LogP contribution in [-0.4, -0.2) is 46.9 Å². The Kier molecular flexibility index (Phi) is 5.69. The fraction of sp³-hybridized carbons (Fsp3) is 0.444. The maximum atomic E-state index is 12.6. The zero-order valence-corrected chi connectivity index (χ0v) is 16.3. The van der Waals surface area contributed by atoms with E-state index in [2.05, 4.69) is 0 Å². The minimum Gasteiger partial charge on any atom is -0.503 e. The van der Waals surface area contributed by atoms with Crippen LogP contribution in [0.4, 0.5) is 0 Å². The highest BCUT2D eigenvalue weighted by Crippen LogP contribution is 2.26. The molecule has 0 spiro atoms. The van der Waals surface area contributed by atoms with Gasteiger partial charge in [-0.3, -0.25) is 9.59 Å². The van der Waals surface area contributed by atoms with Crippen LogP contribution < -0.4 is 0 Å². The maximum absolute atomic E-state index is 12.6. The quantitative estimate of drug-likeness (QED) is 0.861. The van der Waals surface area contributed by atoms with Crippen molar-refractivity contribution in [3.8, 4) is 0 Å². The van der Waals surface area contributed by atoms with Crippen LogP contribution in [0, 0.1) is 5.41 Å². The predicted molar refractivity (Wildman–Crippen MR) is 98.6 cm³/mol. The molecule has 0 radical (unpaired) electrons. The molecule has 0 atom stereocenters. The second-order valence-corrected chi connectivity index (χ2v) is 8.27. The highest BCUT2D eigenvalue weighted by atomic mass is 35.5. The maximum Gasteiger partial charge on any atom is 0.289 e. The second-order valence-electron chi connectivity index (χ2n) is 7.46. The summed E-state index contributed by atoms with van der Waals surface area (Å²) in [5.41, 5.74) is 0.804. The van der Waals surface area contributed by atoms with Crippen molar-refractivity contribution in [2.75, 3.05) is 20.1 Å². The van der Waals surface area contributed by atoms with Crippen molar-refractivity contribution in [2.45, 2.75) is 27.3 Å². The molecule has 1 N–H and O–H groups in total. The topological polar surface area (TPSA) is 60.9 Å². The molecule has 2 rings (SSSR count). The Labute approximate surface area is 157 Å². The van der Waals surface area contributed by atoms with Crippen molar-refractivity contribution in [2.24, 2.45) is 5.41 Å². The largest absolute Gasteiger partial charge is 0.503 e. The Hall–Kier alpha value is -1.72. The molecular formula is C18H22Cl2N2O3. The van der Waals surface area contributed by atoms with Gasteiger partial charge in [-0.1, -0.05) is 50.0 Å². The van der Waals surface area contributed by atoms with Crippen molar-refractivity contribution in [1.29, 1.82) is 0 Å². The monoisotopic (exact) mass is 384 g/mol. The Morgan fingerprint density at radius 2 is 1.92 bits per heavy atom. The first-order valence-electron chi connectivity index (χ1n) is 7.90. The standard InChI is InChI=1S/C18H22Cl2N2O3/c1-18(2,3)10-22-9-12(15(23)17(22)25)16(24)21(4)8-11-5-6-13(19)14(20)7-11/h5-7,23H,8-10H2,1-4H3. The van der Waals surface area contributed by atoms with Crippen LogP contribution in [0.2, 0.25) is 10.0 Å². The molecule has 0 aromatic heterocycles. The number of rotatable bonds is 4. The van der Waals surface area contributed by atoms with Gasteiger partial charge in [-0.05, 0) is 23.1 Å². The van der Waals surface area contributed by atoms with E-state index in [-0.39, 0.29) is 23.4 Å². The molecule has 1 aliphatic heterocycles. The Balaban J connectivity index is 2.11. The van der Waals surface area contributed by atoms with E-state index in [0.29, 0.717) is 23.1 Å². The van der Waals surface area contributed by atoms with Crippen LogP contribution >= 0.6 is 23.2 Å². The number of amides is 2. The van der Waals surface area contributed by atoms with Crippen molar-refractivity contribution in [3.63, 3.8) is 0 Å². The van der Waals surface area contributed by atoms with E-state index < -0.39 is 11.7 Å². The van der Waals surface area contributed by atoms with E-state index in [1.54, 1.807) is 25.2 Å². The number of hydrogen-bond donors (Lipinski definition) is 1. The van der Waals surface area contributed by atoms with Crippen LogP contribution in [-0.2, 0) is 16.1 Å². The van der Waals surface area contributed by atoms with E-state index in [1.807, 2.05) is 20.8 Å². The molecule has 0 aliphatic carbocycles. The third-order valence-electron chi connectivity index (χ3n) is 3.80. The lowest BCUT2D eigenvalue weighted by Gasteiger charge is -2.26. The third-order valence-corrected chi connectivity index (χ3v) is 4.54. The van der Waals surface area contributed by atoms with E-state index >= 15 is 0 Å². The van der Waals surface area contributed by atoms with Gasteiger partial charge in [0, 0.05) is 20.1 Å². The van der Waals surface area contributed by atoms with Gasteiger partial charge < -0.3 is 14.9 Å². The molecule has 5 nitrogen and oxygen atoms in total. The van der Waals surface area contributed by atoms with Crippen molar-refractivity contribution in [3.05, 3.63) is 45.1 Å². The number of hydrogen-bond acceptors (Lipinski definition) is 3. The van der Waals surface area contributed by atoms with Crippen molar-refractivity contribution in [1.82, 2.24) is 9.80 Å². The summed E-state index contributed by atoms with van der Waals surface area (Å²) in [6.45, 7) is 6.85. The Morgan fingerprint density at radius 3 is 2.48 bits per heavy atom. The van der Waals surface area contributed by atoms with Gasteiger partial charge in [0.1, 0.15) is 0 Å². The predicted octanol–water partition coefficient (Wildman–Crippen LogP) is 3.65. The molecule has 1 aliphatic rings. The van der Waals surface area contributed by atoms with Gasteiger partial charge in [-0.15, -0.1) is 0 Å².